The molecule has 1 aliphatic carbocycles. The molecule has 1 aliphatic rings. The van der Waals surface area contributed by atoms with Gasteiger partial charge < -0.3 is 4.74 Å². The van der Waals surface area contributed by atoms with E-state index >= 15 is 0 Å². The number of hydrogen-bond donors (Lipinski definition) is 2. The molecule has 2 rings (SSSR count). The molecule has 0 unspecified atom stereocenters. The van der Waals surface area contributed by atoms with Gasteiger partial charge in [0.2, 0.25) is 10.0 Å². The number of aromatic amines is 1. The van der Waals surface area contributed by atoms with E-state index in [1.807, 2.05) is 0 Å². The van der Waals surface area contributed by atoms with Crippen molar-refractivity contribution in [3.63, 3.8) is 0 Å². The number of carbonyl (C=O) groups excluding carboxylic acids is 1. The van der Waals surface area contributed by atoms with E-state index in [1.54, 1.807) is 13.8 Å². The van der Waals surface area contributed by atoms with Crippen molar-refractivity contribution in [2.24, 2.45) is 5.92 Å². The summed E-state index contributed by atoms with van der Waals surface area (Å²) >= 11 is 0. The Hall–Kier alpha value is -1.41. The van der Waals surface area contributed by atoms with E-state index in [1.165, 1.54) is 6.20 Å². The molecule has 0 atom stereocenters. The Kier molecular flexibility index (Phi) is 5.00. The summed E-state index contributed by atoms with van der Waals surface area (Å²) in [6.07, 6.45) is 3.88. The molecule has 0 amide bonds. The summed E-state index contributed by atoms with van der Waals surface area (Å²) < 4.78 is 32.2. The molecular formula is C13H21N3O4S. The van der Waals surface area contributed by atoms with Crippen LogP contribution in [0.1, 0.15) is 38.3 Å². The standard InChI is InChI=1S/C13H21N3O4S/c1-3-20-13(17)10-4-6-11(7-5-10)16-21(18,19)12-8-14-15-9(12)2/h8,10-11,16H,3-7H2,1-2H3,(H,14,15). The van der Waals surface area contributed by atoms with Crippen molar-refractivity contribution >= 4 is 16.0 Å². The summed E-state index contributed by atoms with van der Waals surface area (Å²) in [6, 6.07) is -0.144. The van der Waals surface area contributed by atoms with Crippen LogP contribution >= 0.6 is 0 Å². The molecular weight excluding hydrogens is 294 g/mol. The van der Waals surface area contributed by atoms with Crippen LogP contribution < -0.4 is 4.72 Å². The number of aromatic nitrogens is 2. The summed E-state index contributed by atoms with van der Waals surface area (Å²) in [5, 5.41) is 6.35. The van der Waals surface area contributed by atoms with Gasteiger partial charge in [0.1, 0.15) is 4.90 Å². The highest BCUT2D eigenvalue weighted by molar-refractivity contribution is 7.89. The third-order valence-electron chi connectivity index (χ3n) is 3.74. The molecule has 1 aromatic rings. The Morgan fingerprint density at radius 3 is 2.62 bits per heavy atom. The minimum Gasteiger partial charge on any atom is -0.466 e. The van der Waals surface area contributed by atoms with Crippen molar-refractivity contribution in [3.8, 4) is 0 Å². The molecule has 8 heteroatoms. The zero-order valence-electron chi connectivity index (χ0n) is 12.3. The van der Waals surface area contributed by atoms with Crippen LogP contribution in [0.4, 0.5) is 0 Å². The van der Waals surface area contributed by atoms with Crippen LogP contribution in [-0.4, -0.2) is 37.2 Å². The monoisotopic (exact) mass is 315 g/mol. The van der Waals surface area contributed by atoms with E-state index in [-0.39, 0.29) is 22.8 Å². The highest BCUT2D eigenvalue weighted by Gasteiger charge is 2.30. The smallest absolute Gasteiger partial charge is 0.308 e. The largest absolute Gasteiger partial charge is 0.466 e. The first-order valence-corrected chi connectivity index (χ1v) is 8.61. The maximum atomic E-state index is 12.2. The maximum absolute atomic E-state index is 12.2. The van der Waals surface area contributed by atoms with Gasteiger partial charge in [-0.2, -0.15) is 5.10 Å². The van der Waals surface area contributed by atoms with Crippen molar-refractivity contribution < 1.29 is 17.9 Å². The van der Waals surface area contributed by atoms with Gasteiger partial charge in [-0.3, -0.25) is 9.89 Å². The Balaban J connectivity index is 1.92. The van der Waals surface area contributed by atoms with Gasteiger partial charge in [-0.25, -0.2) is 13.1 Å². The predicted octanol–water partition coefficient (Wildman–Crippen LogP) is 1.12. The van der Waals surface area contributed by atoms with Gasteiger partial charge in [0.25, 0.3) is 0 Å². The van der Waals surface area contributed by atoms with Crippen LogP contribution in [0, 0.1) is 12.8 Å². The van der Waals surface area contributed by atoms with Crippen molar-refractivity contribution in [1.29, 1.82) is 0 Å². The first-order chi connectivity index (χ1) is 9.94. The lowest BCUT2D eigenvalue weighted by Crippen LogP contribution is -2.39. The molecule has 1 aromatic heterocycles. The number of carbonyl (C=O) groups is 1. The maximum Gasteiger partial charge on any atom is 0.308 e. The average molecular weight is 315 g/mol. The molecule has 1 saturated carbocycles. The number of rotatable bonds is 5. The highest BCUT2D eigenvalue weighted by Crippen LogP contribution is 2.26. The minimum absolute atomic E-state index is 0.110. The summed E-state index contributed by atoms with van der Waals surface area (Å²) in [4.78, 5) is 11.8. The lowest BCUT2D eigenvalue weighted by atomic mass is 9.86. The first-order valence-electron chi connectivity index (χ1n) is 7.13. The highest BCUT2D eigenvalue weighted by atomic mass is 32.2. The van der Waals surface area contributed by atoms with Crippen molar-refractivity contribution in [2.45, 2.75) is 50.5 Å². The second kappa shape index (κ2) is 6.57. The molecule has 0 aliphatic heterocycles. The Morgan fingerprint density at radius 2 is 2.10 bits per heavy atom. The van der Waals surface area contributed by atoms with Gasteiger partial charge in [0.15, 0.2) is 0 Å². The van der Waals surface area contributed by atoms with Crippen molar-refractivity contribution in [1.82, 2.24) is 14.9 Å². The Labute approximate surface area is 124 Å². The lowest BCUT2D eigenvalue weighted by Gasteiger charge is -2.27. The molecule has 0 saturated heterocycles. The lowest BCUT2D eigenvalue weighted by molar-refractivity contribution is -0.149. The van der Waals surface area contributed by atoms with E-state index in [2.05, 4.69) is 14.9 Å². The third kappa shape index (κ3) is 3.82. The van der Waals surface area contributed by atoms with Crippen LogP contribution in [0.5, 0.6) is 0 Å². The molecule has 118 valence electrons. The predicted molar refractivity (Wildman–Crippen MR) is 76.0 cm³/mol. The van der Waals surface area contributed by atoms with Gasteiger partial charge in [-0.1, -0.05) is 0 Å². The molecule has 0 aromatic carbocycles. The number of sulfonamides is 1. The summed E-state index contributed by atoms with van der Waals surface area (Å²) in [5.74, 6) is -0.286. The molecule has 1 heterocycles. The number of nitrogens with zero attached hydrogens (tertiary/aromatic N) is 1. The Bertz CT molecular complexity index is 588. The zero-order valence-corrected chi connectivity index (χ0v) is 13.1. The topological polar surface area (TPSA) is 101 Å². The first kappa shape index (κ1) is 16.0. The van der Waals surface area contributed by atoms with Gasteiger partial charge in [0, 0.05) is 6.04 Å². The van der Waals surface area contributed by atoms with Crippen LogP contribution in [0.15, 0.2) is 11.1 Å². The molecule has 2 N–H and O–H groups in total. The van der Waals surface area contributed by atoms with E-state index < -0.39 is 10.0 Å². The van der Waals surface area contributed by atoms with E-state index in [9.17, 15) is 13.2 Å². The van der Waals surface area contributed by atoms with E-state index in [0.717, 1.165) is 0 Å². The molecule has 21 heavy (non-hydrogen) atoms. The normalized spacial score (nSPS) is 23.0. The Morgan fingerprint density at radius 1 is 1.43 bits per heavy atom. The van der Waals surface area contributed by atoms with Crippen molar-refractivity contribution in [3.05, 3.63) is 11.9 Å². The number of esters is 1. The summed E-state index contributed by atoms with van der Waals surface area (Å²) in [7, 11) is -3.56. The van der Waals surface area contributed by atoms with Gasteiger partial charge in [0.05, 0.1) is 24.4 Å². The SMILES string of the molecule is CCOC(=O)C1CCC(NS(=O)(=O)c2cn[nH]c2C)CC1. The van der Waals surface area contributed by atoms with Crippen LogP contribution in [0.3, 0.4) is 0 Å². The quantitative estimate of drug-likeness (QED) is 0.793. The van der Waals surface area contributed by atoms with Crippen LogP contribution in [0.25, 0.3) is 0 Å². The third-order valence-corrected chi connectivity index (χ3v) is 5.38. The fourth-order valence-electron chi connectivity index (χ4n) is 2.60. The number of hydrogen-bond acceptors (Lipinski definition) is 5. The number of ether oxygens (including phenoxy) is 1. The van der Waals surface area contributed by atoms with E-state index in [4.69, 9.17) is 4.74 Å². The molecule has 0 radical (unpaired) electrons. The second-order valence-electron chi connectivity index (χ2n) is 5.28. The van der Waals surface area contributed by atoms with Gasteiger partial charge >= 0.3 is 5.97 Å². The van der Waals surface area contributed by atoms with Crippen LogP contribution in [0.2, 0.25) is 0 Å². The number of nitrogens with one attached hydrogen (secondary N) is 2. The number of aryl methyl sites for hydroxylation is 1. The van der Waals surface area contributed by atoms with Gasteiger partial charge in [-0.15, -0.1) is 0 Å². The second-order valence-corrected chi connectivity index (χ2v) is 6.96. The average Bonchev–Trinajstić information content (AvgIpc) is 2.86. The molecule has 1 fully saturated rings. The summed E-state index contributed by atoms with van der Waals surface area (Å²) in [5.41, 5.74) is 0.516. The molecule has 0 bridgehead atoms. The summed E-state index contributed by atoms with van der Waals surface area (Å²) in [6.45, 7) is 3.83. The van der Waals surface area contributed by atoms with E-state index in [0.29, 0.717) is 38.0 Å². The van der Waals surface area contributed by atoms with Crippen molar-refractivity contribution in [2.75, 3.05) is 6.61 Å². The zero-order chi connectivity index (χ0) is 15.5. The number of H-pyrrole nitrogens is 1. The molecule has 7 nitrogen and oxygen atoms in total. The minimum atomic E-state index is -3.56. The fourth-order valence-corrected chi connectivity index (χ4v) is 4.04. The fraction of sp³-hybridized carbons (Fsp3) is 0.692. The van der Waals surface area contributed by atoms with Crippen LogP contribution in [-0.2, 0) is 19.6 Å². The molecule has 0 spiro atoms. The van der Waals surface area contributed by atoms with Gasteiger partial charge in [-0.05, 0) is 39.5 Å².